The Labute approximate surface area is 208 Å². The summed E-state index contributed by atoms with van der Waals surface area (Å²) < 4.78 is 12.5. The van der Waals surface area contributed by atoms with Crippen LogP contribution in [-0.2, 0) is 16.0 Å². The number of pyridine rings is 1. The lowest BCUT2D eigenvalue weighted by atomic mass is 10.1. The van der Waals surface area contributed by atoms with Gasteiger partial charge in [-0.05, 0) is 31.2 Å². The molecule has 0 atom stereocenters. The number of aryl methyl sites for hydroxylation is 1. The summed E-state index contributed by atoms with van der Waals surface area (Å²) in [7, 11) is 3.08. The molecule has 4 aromatic rings. The predicted molar refractivity (Wildman–Crippen MR) is 138 cm³/mol. The van der Waals surface area contributed by atoms with E-state index in [1.54, 1.807) is 25.8 Å². The molecule has 0 bridgehead atoms. The van der Waals surface area contributed by atoms with E-state index >= 15 is 0 Å². The SMILES string of the molecule is CCn1cnc2c(-c3nc(C(=O)OC)c(Nc4ccc(N5CCOCC5)cc4)nc3NC)cncc21. The summed E-state index contributed by atoms with van der Waals surface area (Å²) in [5.41, 5.74) is 4.69. The topological polar surface area (TPSA) is 119 Å². The van der Waals surface area contributed by atoms with Gasteiger partial charge in [0.1, 0.15) is 11.2 Å². The number of morpholine rings is 1. The van der Waals surface area contributed by atoms with Gasteiger partial charge < -0.3 is 29.6 Å². The van der Waals surface area contributed by atoms with Crippen LogP contribution in [0.2, 0.25) is 0 Å². The highest BCUT2D eigenvalue weighted by molar-refractivity contribution is 5.98. The number of fused-ring (bicyclic) bond motifs is 1. The van der Waals surface area contributed by atoms with Gasteiger partial charge in [-0.3, -0.25) is 4.98 Å². The van der Waals surface area contributed by atoms with Crippen molar-refractivity contribution in [2.45, 2.75) is 13.5 Å². The molecule has 0 radical (unpaired) electrons. The van der Waals surface area contributed by atoms with E-state index in [0.717, 1.165) is 55.3 Å². The second kappa shape index (κ2) is 10.2. The molecule has 0 unspecified atom stereocenters. The number of carbonyl (C=O) groups excluding carboxylic acids is 1. The number of ether oxygens (including phenoxy) is 2. The maximum absolute atomic E-state index is 12.7. The number of methoxy groups -OCH3 is 1. The Morgan fingerprint density at radius 2 is 1.89 bits per heavy atom. The molecule has 0 spiro atoms. The number of nitrogens with one attached hydrogen (secondary N) is 2. The van der Waals surface area contributed by atoms with E-state index in [9.17, 15) is 4.79 Å². The van der Waals surface area contributed by atoms with Crippen molar-refractivity contribution in [3.05, 3.63) is 48.7 Å². The van der Waals surface area contributed by atoms with Crippen molar-refractivity contribution >= 4 is 40.0 Å². The van der Waals surface area contributed by atoms with Crippen molar-refractivity contribution in [1.82, 2.24) is 24.5 Å². The van der Waals surface area contributed by atoms with Crippen molar-refractivity contribution in [2.24, 2.45) is 0 Å². The molecular formula is C25H28N8O3. The molecule has 2 N–H and O–H groups in total. The number of aromatic nitrogens is 5. The quantitative estimate of drug-likeness (QED) is 0.375. The van der Waals surface area contributed by atoms with Crippen LogP contribution in [0.5, 0.6) is 0 Å². The molecule has 5 rings (SSSR count). The fourth-order valence-electron chi connectivity index (χ4n) is 4.24. The molecule has 1 aromatic carbocycles. The molecule has 1 aliphatic heterocycles. The molecule has 3 aromatic heterocycles. The summed E-state index contributed by atoms with van der Waals surface area (Å²) >= 11 is 0. The zero-order chi connectivity index (χ0) is 25.1. The number of rotatable bonds is 7. The van der Waals surface area contributed by atoms with Gasteiger partial charge in [0.15, 0.2) is 17.3 Å². The standard InChI is InChI=1S/C25H28N8O3/c1-4-32-15-28-20-18(13-27-14-19(20)32)21-23(26-2)31-24(22(30-21)25(34)35-3)29-16-5-7-17(8-6-16)33-9-11-36-12-10-33/h5-8,13-15H,4,9-12H2,1-3H3,(H2,26,29,31). The molecule has 0 aliphatic carbocycles. The largest absolute Gasteiger partial charge is 0.464 e. The molecule has 11 heteroatoms. The average molecular weight is 489 g/mol. The first-order chi connectivity index (χ1) is 17.6. The molecule has 0 saturated carbocycles. The molecule has 1 fully saturated rings. The first kappa shape index (κ1) is 23.5. The Morgan fingerprint density at radius 3 is 2.58 bits per heavy atom. The third-order valence-electron chi connectivity index (χ3n) is 6.15. The van der Waals surface area contributed by atoms with Gasteiger partial charge in [-0.15, -0.1) is 0 Å². The summed E-state index contributed by atoms with van der Waals surface area (Å²) in [6.45, 7) is 5.95. The normalized spacial score (nSPS) is 13.6. The Bertz CT molecular complexity index is 1380. The van der Waals surface area contributed by atoms with Crippen LogP contribution in [0.3, 0.4) is 0 Å². The number of hydrogen-bond donors (Lipinski definition) is 2. The first-order valence-electron chi connectivity index (χ1n) is 11.8. The highest BCUT2D eigenvalue weighted by atomic mass is 16.5. The lowest BCUT2D eigenvalue weighted by Gasteiger charge is -2.29. The first-order valence-corrected chi connectivity index (χ1v) is 11.8. The van der Waals surface area contributed by atoms with Crippen LogP contribution < -0.4 is 15.5 Å². The van der Waals surface area contributed by atoms with Crippen molar-refractivity contribution in [2.75, 3.05) is 56.0 Å². The summed E-state index contributed by atoms with van der Waals surface area (Å²) in [6, 6.07) is 7.95. The fourth-order valence-corrected chi connectivity index (χ4v) is 4.24. The van der Waals surface area contributed by atoms with Gasteiger partial charge in [0.25, 0.3) is 0 Å². The van der Waals surface area contributed by atoms with Crippen molar-refractivity contribution in [1.29, 1.82) is 0 Å². The Kier molecular flexibility index (Phi) is 6.63. The van der Waals surface area contributed by atoms with Crippen LogP contribution in [0, 0.1) is 0 Å². The van der Waals surface area contributed by atoms with Gasteiger partial charge in [0.2, 0.25) is 0 Å². The van der Waals surface area contributed by atoms with Gasteiger partial charge in [0.05, 0.1) is 43.9 Å². The van der Waals surface area contributed by atoms with Gasteiger partial charge >= 0.3 is 5.97 Å². The zero-order valence-electron chi connectivity index (χ0n) is 20.5. The summed E-state index contributed by atoms with van der Waals surface area (Å²) in [5.74, 6) is 0.168. The van der Waals surface area contributed by atoms with Crippen LogP contribution in [0.25, 0.3) is 22.3 Å². The molecule has 0 amide bonds. The smallest absolute Gasteiger partial charge is 0.360 e. The minimum atomic E-state index is -0.599. The molecule has 36 heavy (non-hydrogen) atoms. The second-order valence-electron chi connectivity index (χ2n) is 8.22. The minimum Gasteiger partial charge on any atom is -0.464 e. The zero-order valence-corrected chi connectivity index (χ0v) is 20.5. The van der Waals surface area contributed by atoms with Gasteiger partial charge in [-0.1, -0.05) is 0 Å². The molecule has 186 valence electrons. The Hall–Kier alpha value is -4.25. The Morgan fingerprint density at radius 1 is 1.11 bits per heavy atom. The molecule has 4 heterocycles. The number of hydrogen-bond acceptors (Lipinski definition) is 10. The number of benzene rings is 1. The van der Waals surface area contributed by atoms with E-state index in [1.807, 2.05) is 35.8 Å². The van der Waals surface area contributed by atoms with E-state index in [0.29, 0.717) is 17.1 Å². The van der Waals surface area contributed by atoms with Crippen molar-refractivity contribution < 1.29 is 14.3 Å². The van der Waals surface area contributed by atoms with E-state index in [4.69, 9.17) is 14.5 Å². The third-order valence-corrected chi connectivity index (χ3v) is 6.15. The molecule has 11 nitrogen and oxygen atoms in total. The second-order valence-corrected chi connectivity index (χ2v) is 8.22. The number of imidazole rings is 1. The van der Waals surface area contributed by atoms with E-state index in [-0.39, 0.29) is 11.5 Å². The lowest BCUT2D eigenvalue weighted by molar-refractivity contribution is 0.0595. The van der Waals surface area contributed by atoms with Crippen LogP contribution in [-0.4, -0.2) is 70.9 Å². The maximum Gasteiger partial charge on any atom is 0.360 e. The van der Waals surface area contributed by atoms with Crippen LogP contribution in [0.4, 0.5) is 23.0 Å². The van der Waals surface area contributed by atoms with Gasteiger partial charge in [-0.2, -0.15) is 0 Å². The summed E-state index contributed by atoms with van der Waals surface area (Å²) in [4.78, 5) is 33.3. The van der Waals surface area contributed by atoms with Crippen LogP contribution >= 0.6 is 0 Å². The monoisotopic (exact) mass is 488 g/mol. The van der Waals surface area contributed by atoms with Crippen LogP contribution in [0.1, 0.15) is 17.4 Å². The predicted octanol–water partition coefficient (Wildman–Crippen LogP) is 3.32. The Balaban J connectivity index is 1.53. The van der Waals surface area contributed by atoms with Gasteiger partial charge in [-0.25, -0.2) is 19.7 Å². The lowest BCUT2D eigenvalue weighted by Crippen LogP contribution is -2.36. The highest BCUT2D eigenvalue weighted by Gasteiger charge is 2.23. The molecular weight excluding hydrogens is 460 g/mol. The molecule has 1 saturated heterocycles. The number of nitrogens with zero attached hydrogens (tertiary/aromatic N) is 6. The third kappa shape index (κ3) is 4.40. The van der Waals surface area contributed by atoms with E-state index in [1.165, 1.54) is 7.11 Å². The molecule has 1 aliphatic rings. The average Bonchev–Trinajstić information content (AvgIpc) is 3.37. The van der Waals surface area contributed by atoms with Gasteiger partial charge in [0, 0.05) is 44.3 Å². The number of carbonyl (C=O) groups is 1. The number of anilines is 4. The van der Waals surface area contributed by atoms with E-state index < -0.39 is 5.97 Å². The number of esters is 1. The van der Waals surface area contributed by atoms with Crippen LogP contribution in [0.15, 0.2) is 43.0 Å². The summed E-state index contributed by atoms with van der Waals surface area (Å²) in [6.07, 6.45) is 5.21. The highest BCUT2D eigenvalue weighted by Crippen LogP contribution is 2.33. The maximum atomic E-state index is 12.7. The minimum absolute atomic E-state index is 0.0654. The summed E-state index contributed by atoms with van der Waals surface area (Å²) in [5, 5.41) is 6.32. The van der Waals surface area contributed by atoms with E-state index in [2.05, 4.69) is 30.5 Å². The van der Waals surface area contributed by atoms with Crippen molar-refractivity contribution in [3.8, 4) is 11.3 Å². The van der Waals surface area contributed by atoms with Crippen molar-refractivity contribution in [3.63, 3.8) is 0 Å². The fraction of sp³-hybridized carbons (Fsp3) is 0.320.